The van der Waals surface area contributed by atoms with Gasteiger partial charge in [-0.3, -0.25) is 4.98 Å². The van der Waals surface area contributed by atoms with Crippen molar-refractivity contribution in [2.24, 2.45) is 0 Å². The Balaban J connectivity index is 1.37. The van der Waals surface area contributed by atoms with E-state index in [-0.39, 0.29) is 5.41 Å². The van der Waals surface area contributed by atoms with Crippen LogP contribution in [0.5, 0.6) is 0 Å². The summed E-state index contributed by atoms with van der Waals surface area (Å²) in [7, 11) is 0. The Morgan fingerprint density at radius 3 is 2.07 bits per heavy atom. The molecule has 0 fully saturated rings. The van der Waals surface area contributed by atoms with E-state index in [2.05, 4.69) is 152 Å². The summed E-state index contributed by atoms with van der Waals surface area (Å²) in [5, 5.41) is 3.48. The summed E-state index contributed by atoms with van der Waals surface area (Å²) in [4.78, 5) is 7.28. The van der Waals surface area contributed by atoms with Gasteiger partial charge in [0.2, 0.25) is 0 Å². The maximum Gasteiger partial charge on any atom is 0.0801 e. The molecular formula is C40H30N2. The van der Waals surface area contributed by atoms with Crippen molar-refractivity contribution in [2.75, 3.05) is 4.90 Å². The molecular weight excluding hydrogens is 508 g/mol. The summed E-state index contributed by atoms with van der Waals surface area (Å²) >= 11 is 0. The van der Waals surface area contributed by atoms with Crippen molar-refractivity contribution in [3.63, 3.8) is 0 Å². The first-order valence-corrected chi connectivity index (χ1v) is 14.6. The van der Waals surface area contributed by atoms with Crippen LogP contribution in [0.3, 0.4) is 0 Å². The maximum absolute atomic E-state index is 4.87. The number of hydrogen-bond acceptors (Lipinski definition) is 2. The summed E-state index contributed by atoms with van der Waals surface area (Å²) < 4.78 is 0. The quantitative estimate of drug-likeness (QED) is 0.207. The van der Waals surface area contributed by atoms with E-state index in [0.29, 0.717) is 0 Å². The van der Waals surface area contributed by atoms with Crippen LogP contribution in [0.4, 0.5) is 17.1 Å². The number of pyridine rings is 1. The molecule has 1 aliphatic carbocycles. The molecule has 0 bridgehead atoms. The average molecular weight is 539 g/mol. The SMILES string of the molecule is CC1(C)c2ccccc2-c2ccc(N(c3ccc(-c4ccccc4)cc3)c3cccc4ccc5cccnc5c34)cc21. The predicted molar refractivity (Wildman–Crippen MR) is 177 cm³/mol. The molecule has 0 atom stereocenters. The van der Waals surface area contributed by atoms with Gasteiger partial charge in [-0.1, -0.05) is 117 Å². The summed E-state index contributed by atoms with van der Waals surface area (Å²) in [5.41, 5.74) is 12.1. The number of aromatic nitrogens is 1. The van der Waals surface area contributed by atoms with Crippen molar-refractivity contribution in [1.82, 2.24) is 4.98 Å². The topological polar surface area (TPSA) is 16.1 Å². The van der Waals surface area contributed by atoms with Gasteiger partial charge in [0, 0.05) is 33.8 Å². The van der Waals surface area contributed by atoms with Crippen molar-refractivity contribution in [3.8, 4) is 22.3 Å². The second-order valence-electron chi connectivity index (χ2n) is 11.7. The number of anilines is 3. The Hall–Kier alpha value is -5.21. The fraction of sp³-hybridized carbons (Fsp3) is 0.0750. The molecule has 1 heterocycles. The largest absolute Gasteiger partial charge is 0.310 e. The Morgan fingerprint density at radius 1 is 0.524 bits per heavy atom. The zero-order valence-corrected chi connectivity index (χ0v) is 23.8. The molecule has 8 rings (SSSR count). The van der Waals surface area contributed by atoms with E-state index in [0.717, 1.165) is 33.4 Å². The van der Waals surface area contributed by atoms with Crippen molar-refractivity contribution < 1.29 is 0 Å². The first-order valence-electron chi connectivity index (χ1n) is 14.6. The van der Waals surface area contributed by atoms with Gasteiger partial charge >= 0.3 is 0 Å². The molecule has 7 aromatic rings. The standard InChI is InChI=1S/C40H30N2/c1-40(2)35-15-7-6-14-33(35)34-24-23-32(26-36(34)40)42(31-21-19-28(20-22-31)27-10-4-3-5-11-27)37-16-8-12-29-17-18-30-13-9-25-41-39(30)38(29)37/h3-26H,1-2H3. The van der Waals surface area contributed by atoms with E-state index in [9.17, 15) is 0 Å². The molecule has 0 saturated carbocycles. The van der Waals surface area contributed by atoms with Gasteiger partial charge in [0.15, 0.2) is 0 Å². The summed E-state index contributed by atoms with van der Waals surface area (Å²) in [6, 6.07) is 50.4. The molecule has 0 radical (unpaired) electrons. The second-order valence-corrected chi connectivity index (χ2v) is 11.7. The minimum Gasteiger partial charge on any atom is -0.310 e. The van der Waals surface area contributed by atoms with E-state index in [1.54, 1.807) is 0 Å². The normalized spacial score (nSPS) is 13.2. The van der Waals surface area contributed by atoms with Crippen molar-refractivity contribution >= 4 is 38.7 Å². The lowest BCUT2D eigenvalue weighted by molar-refractivity contribution is 0.660. The molecule has 6 aromatic carbocycles. The smallest absolute Gasteiger partial charge is 0.0801 e. The molecule has 42 heavy (non-hydrogen) atoms. The van der Waals surface area contributed by atoms with Gasteiger partial charge < -0.3 is 4.90 Å². The third kappa shape index (κ3) is 3.76. The predicted octanol–water partition coefficient (Wildman–Crippen LogP) is 10.8. The van der Waals surface area contributed by atoms with E-state index in [1.807, 2.05) is 12.3 Å². The molecule has 200 valence electrons. The number of rotatable bonds is 4. The highest BCUT2D eigenvalue weighted by atomic mass is 15.1. The van der Waals surface area contributed by atoms with Crippen LogP contribution in [-0.4, -0.2) is 4.98 Å². The fourth-order valence-corrected chi connectivity index (χ4v) is 6.77. The fourth-order valence-electron chi connectivity index (χ4n) is 6.77. The van der Waals surface area contributed by atoms with Crippen LogP contribution in [0.25, 0.3) is 43.9 Å². The number of fused-ring (bicyclic) bond motifs is 6. The molecule has 0 aliphatic heterocycles. The first kappa shape index (κ1) is 24.6. The Morgan fingerprint density at radius 2 is 1.21 bits per heavy atom. The van der Waals surface area contributed by atoms with E-state index < -0.39 is 0 Å². The lowest BCUT2D eigenvalue weighted by atomic mass is 9.82. The van der Waals surface area contributed by atoms with Gasteiger partial charge in [0.1, 0.15) is 0 Å². The van der Waals surface area contributed by atoms with E-state index in [4.69, 9.17) is 4.98 Å². The van der Waals surface area contributed by atoms with Crippen LogP contribution in [0.2, 0.25) is 0 Å². The third-order valence-electron chi connectivity index (χ3n) is 8.89. The molecule has 0 amide bonds. The van der Waals surface area contributed by atoms with E-state index in [1.165, 1.54) is 38.8 Å². The average Bonchev–Trinajstić information content (AvgIpc) is 3.28. The van der Waals surface area contributed by atoms with Crippen LogP contribution in [0.15, 0.2) is 146 Å². The molecule has 1 aliphatic rings. The van der Waals surface area contributed by atoms with Gasteiger partial charge in [-0.05, 0) is 75.2 Å². The molecule has 1 aromatic heterocycles. The lowest BCUT2D eigenvalue weighted by Gasteiger charge is -2.29. The molecule has 0 N–H and O–H groups in total. The lowest BCUT2D eigenvalue weighted by Crippen LogP contribution is -2.16. The van der Waals surface area contributed by atoms with Gasteiger partial charge in [-0.2, -0.15) is 0 Å². The minimum absolute atomic E-state index is 0.0855. The van der Waals surface area contributed by atoms with Crippen LogP contribution >= 0.6 is 0 Å². The van der Waals surface area contributed by atoms with Crippen LogP contribution in [-0.2, 0) is 5.41 Å². The molecule has 0 spiro atoms. The van der Waals surface area contributed by atoms with Gasteiger partial charge in [0.05, 0.1) is 11.2 Å². The summed E-state index contributed by atoms with van der Waals surface area (Å²) in [6.07, 6.45) is 1.90. The highest BCUT2D eigenvalue weighted by Gasteiger charge is 2.35. The third-order valence-corrected chi connectivity index (χ3v) is 8.89. The Bertz CT molecular complexity index is 2110. The van der Waals surface area contributed by atoms with Crippen molar-refractivity contribution in [3.05, 3.63) is 157 Å². The molecule has 0 unspecified atom stereocenters. The number of nitrogens with zero attached hydrogens (tertiary/aromatic N) is 2. The Kier molecular flexibility index (Phi) is 5.52. The van der Waals surface area contributed by atoms with Crippen molar-refractivity contribution in [1.29, 1.82) is 0 Å². The zero-order valence-electron chi connectivity index (χ0n) is 23.8. The van der Waals surface area contributed by atoms with Crippen LogP contribution in [0, 0.1) is 0 Å². The molecule has 0 saturated heterocycles. The highest BCUT2D eigenvalue weighted by Crippen LogP contribution is 2.51. The summed E-state index contributed by atoms with van der Waals surface area (Å²) in [5.74, 6) is 0. The van der Waals surface area contributed by atoms with E-state index >= 15 is 0 Å². The Labute approximate surface area is 246 Å². The first-order chi connectivity index (χ1) is 20.6. The van der Waals surface area contributed by atoms with Gasteiger partial charge in [-0.25, -0.2) is 0 Å². The number of hydrogen-bond donors (Lipinski definition) is 0. The highest BCUT2D eigenvalue weighted by molar-refractivity contribution is 6.13. The van der Waals surface area contributed by atoms with Crippen molar-refractivity contribution in [2.45, 2.75) is 19.3 Å². The van der Waals surface area contributed by atoms with Crippen LogP contribution in [0.1, 0.15) is 25.0 Å². The van der Waals surface area contributed by atoms with Gasteiger partial charge in [0.25, 0.3) is 0 Å². The summed E-state index contributed by atoms with van der Waals surface area (Å²) in [6.45, 7) is 4.69. The van der Waals surface area contributed by atoms with Crippen LogP contribution < -0.4 is 4.90 Å². The second kappa shape index (κ2) is 9.43. The monoisotopic (exact) mass is 538 g/mol. The van der Waals surface area contributed by atoms with Gasteiger partial charge in [-0.15, -0.1) is 0 Å². The number of benzene rings is 6. The maximum atomic E-state index is 4.87. The zero-order chi connectivity index (χ0) is 28.3. The molecule has 2 heteroatoms. The minimum atomic E-state index is -0.0855. The molecule has 2 nitrogen and oxygen atoms in total.